The van der Waals surface area contributed by atoms with Crippen LogP contribution < -0.4 is 5.32 Å². The van der Waals surface area contributed by atoms with Crippen LogP contribution >= 0.6 is 11.3 Å². The maximum absolute atomic E-state index is 12.0. The Balaban J connectivity index is 1.47. The van der Waals surface area contributed by atoms with Gasteiger partial charge in [0.2, 0.25) is 5.91 Å². The topological polar surface area (TPSA) is 32.3 Å². The van der Waals surface area contributed by atoms with Crippen molar-refractivity contribution in [1.29, 1.82) is 0 Å². The fourth-order valence-electron chi connectivity index (χ4n) is 3.39. The van der Waals surface area contributed by atoms with E-state index in [1.165, 1.54) is 23.3 Å². The molecule has 2 fully saturated rings. The average molecular weight is 290 g/mol. The molecule has 1 aromatic heterocycles. The predicted molar refractivity (Wildman–Crippen MR) is 82.9 cm³/mol. The van der Waals surface area contributed by atoms with Crippen molar-refractivity contribution in [1.82, 2.24) is 10.2 Å². The first kappa shape index (κ1) is 13.8. The summed E-state index contributed by atoms with van der Waals surface area (Å²) in [5.41, 5.74) is 1.34. The van der Waals surface area contributed by atoms with Crippen LogP contribution in [-0.2, 0) is 11.2 Å². The van der Waals surface area contributed by atoms with Crippen molar-refractivity contribution in [2.75, 3.05) is 13.6 Å². The zero-order valence-electron chi connectivity index (χ0n) is 12.0. The molecule has 1 N–H and O–H groups in total. The van der Waals surface area contributed by atoms with E-state index in [2.05, 4.69) is 34.8 Å². The molecule has 2 aliphatic rings. The normalized spacial score (nSPS) is 25.8. The van der Waals surface area contributed by atoms with E-state index in [1.807, 2.05) is 6.08 Å². The van der Waals surface area contributed by atoms with Gasteiger partial charge in [-0.2, -0.15) is 0 Å². The van der Waals surface area contributed by atoms with Gasteiger partial charge in [-0.1, -0.05) is 11.6 Å². The molecule has 0 spiro atoms. The number of rotatable bonds is 4. The Morgan fingerprint density at radius 2 is 2.20 bits per heavy atom. The molecule has 3 nitrogen and oxygen atoms in total. The van der Waals surface area contributed by atoms with Crippen LogP contribution in [0.2, 0.25) is 0 Å². The monoisotopic (exact) mass is 290 g/mol. The van der Waals surface area contributed by atoms with Gasteiger partial charge in [0.15, 0.2) is 0 Å². The summed E-state index contributed by atoms with van der Waals surface area (Å²) in [6, 6.07) is 5.50. The predicted octanol–water partition coefficient (Wildman–Crippen LogP) is 2.59. The van der Waals surface area contributed by atoms with E-state index in [1.54, 1.807) is 11.3 Å². The molecule has 108 valence electrons. The number of amides is 1. The summed E-state index contributed by atoms with van der Waals surface area (Å²) < 4.78 is 0. The zero-order valence-corrected chi connectivity index (χ0v) is 12.8. The number of hydrogen-bond acceptors (Lipinski definition) is 3. The van der Waals surface area contributed by atoms with E-state index in [0.29, 0.717) is 12.1 Å². The number of hydrogen-bond donors (Lipinski definition) is 1. The Labute approximate surface area is 124 Å². The average Bonchev–Trinajstić information content (AvgIpc) is 2.98. The van der Waals surface area contributed by atoms with Crippen LogP contribution in [0.25, 0.3) is 0 Å². The molecule has 4 heteroatoms. The third-order valence-corrected chi connectivity index (χ3v) is 5.50. The van der Waals surface area contributed by atoms with Crippen LogP contribution in [0, 0.1) is 0 Å². The molecule has 0 aromatic carbocycles. The van der Waals surface area contributed by atoms with E-state index in [-0.39, 0.29) is 5.91 Å². The van der Waals surface area contributed by atoms with Gasteiger partial charge in [0.05, 0.1) is 0 Å². The second kappa shape index (κ2) is 6.10. The maximum atomic E-state index is 12.0. The van der Waals surface area contributed by atoms with Gasteiger partial charge in [0.1, 0.15) is 0 Å². The first-order chi connectivity index (χ1) is 9.72. The molecule has 2 aliphatic heterocycles. The second-order valence-corrected chi connectivity index (χ2v) is 6.91. The van der Waals surface area contributed by atoms with Crippen LogP contribution in [0.15, 0.2) is 29.2 Å². The summed E-state index contributed by atoms with van der Waals surface area (Å²) in [5.74, 6) is 0.0838. The number of carbonyl (C=O) groups excluding carboxylic acids is 1. The van der Waals surface area contributed by atoms with Crippen molar-refractivity contribution in [3.63, 3.8) is 0 Å². The molecule has 2 bridgehead atoms. The van der Waals surface area contributed by atoms with Crippen molar-refractivity contribution in [3.05, 3.63) is 34.0 Å². The number of fused-ring (bicyclic) bond motifs is 2. The number of carbonyl (C=O) groups is 1. The van der Waals surface area contributed by atoms with Crippen molar-refractivity contribution >= 4 is 17.2 Å². The Bertz CT molecular complexity index is 479. The molecule has 20 heavy (non-hydrogen) atoms. The van der Waals surface area contributed by atoms with Gasteiger partial charge in [-0.3, -0.25) is 9.69 Å². The summed E-state index contributed by atoms with van der Waals surface area (Å²) >= 11 is 1.75. The molecule has 0 aliphatic carbocycles. The summed E-state index contributed by atoms with van der Waals surface area (Å²) in [5, 5.41) is 5.08. The van der Waals surface area contributed by atoms with Crippen LogP contribution in [0.5, 0.6) is 0 Å². The van der Waals surface area contributed by atoms with Crippen LogP contribution in [-0.4, -0.2) is 36.5 Å². The van der Waals surface area contributed by atoms with Gasteiger partial charge in [-0.05, 0) is 50.6 Å². The van der Waals surface area contributed by atoms with Crippen LogP contribution in [0.4, 0.5) is 0 Å². The number of thiophene rings is 1. The maximum Gasteiger partial charge on any atom is 0.243 e. The van der Waals surface area contributed by atoms with Gasteiger partial charge in [-0.15, -0.1) is 11.3 Å². The largest absolute Gasteiger partial charge is 0.352 e. The minimum Gasteiger partial charge on any atom is -0.352 e. The summed E-state index contributed by atoms with van der Waals surface area (Å²) in [6.07, 6.45) is 7.51. The third-order valence-electron chi connectivity index (χ3n) is 4.57. The quantitative estimate of drug-likeness (QED) is 0.865. The fourth-order valence-corrected chi connectivity index (χ4v) is 4.10. The highest BCUT2D eigenvalue weighted by molar-refractivity contribution is 7.09. The van der Waals surface area contributed by atoms with E-state index in [4.69, 9.17) is 0 Å². The van der Waals surface area contributed by atoms with Crippen molar-refractivity contribution in [3.8, 4) is 0 Å². The molecule has 0 saturated carbocycles. The van der Waals surface area contributed by atoms with Crippen molar-refractivity contribution in [2.45, 2.75) is 44.2 Å². The van der Waals surface area contributed by atoms with Gasteiger partial charge in [0, 0.05) is 29.6 Å². The zero-order chi connectivity index (χ0) is 13.9. The highest BCUT2D eigenvalue weighted by Gasteiger charge is 2.35. The van der Waals surface area contributed by atoms with E-state index in [0.717, 1.165) is 25.8 Å². The second-order valence-electron chi connectivity index (χ2n) is 5.88. The molecule has 2 atom stereocenters. The Hall–Kier alpha value is -1.13. The van der Waals surface area contributed by atoms with Crippen LogP contribution in [0.1, 0.15) is 30.6 Å². The highest BCUT2D eigenvalue weighted by Crippen LogP contribution is 2.36. The Kier molecular flexibility index (Phi) is 4.22. The van der Waals surface area contributed by atoms with Gasteiger partial charge >= 0.3 is 0 Å². The third kappa shape index (κ3) is 3.13. The molecule has 2 saturated heterocycles. The van der Waals surface area contributed by atoms with Gasteiger partial charge in [0.25, 0.3) is 0 Å². The molecule has 0 radical (unpaired) electrons. The van der Waals surface area contributed by atoms with Gasteiger partial charge in [-0.25, -0.2) is 0 Å². The molecule has 3 rings (SSSR count). The number of nitrogens with one attached hydrogen (secondary N) is 1. The first-order valence-corrected chi connectivity index (χ1v) is 8.32. The lowest BCUT2D eigenvalue weighted by Crippen LogP contribution is -2.37. The minimum absolute atomic E-state index is 0.0838. The molecule has 1 amide bonds. The standard InChI is InChI=1S/C16H22N2OS/c1-18-13-4-5-14(18)10-12(9-13)11-16(19)17-7-6-15-3-2-8-20-15/h2-3,8,11,13-14H,4-7,9-10H2,1H3,(H,17,19)/t13-,14-/m0/s1. The number of piperidine rings is 1. The molecule has 3 heterocycles. The van der Waals surface area contributed by atoms with Crippen molar-refractivity contribution < 1.29 is 4.79 Å². The lowest BCUT2D eigenvalue weighted by molar-refractivity contribution is -0.116. The fraction of sp³-hybridized carbons (Fsp3) is 0.562. The first-order valence-electron chi connectivity index (χ1n) is 7.44. The number of nitrogens with zero attached hydrogens (tertiary/aromatic N) is 1. The lowest BCUT2D eigenvalue weighted by atomic mass is 9.97. The highest BCUT2D eigenvalue weighted by atomic mass is 32.1. The molecular weight excluding hydrogens is 268 g/mol. The molecule has 0 unspecified atom stereocenters. The Morgan fingerprint density at radius 3 is 2.85 bits per heavy atom. The lowest BCUT2D eigenvalue weighted by Gasteiger charge is -2.32. The summed E-state index contributed by atoms with van der Waals surface area (Å²) in [6.45, 7) is 0.732. The Morgan fingerprint density at radius 1 is 1.45 bits per heavy atom. The van der Waals surface area contributed by atoms with E-state index in [9.17, 15) is 4.79 Å². The van der Waals surface area contributed by atoms with E-state index < -0.39 is 0 Å². The SMILES string of the molecule is CN1[C@H]2CC[C@H]1CC(=CC(=O)NCCc1cccs1)C2. The van der Waals surface area contributed by atoms with Gasteiger partial charge < -0.3 is 5.32 Å². The molecular formula is C16H22N2OS. The smallest absolute Gasteiger partial charge is 0.243 e. The summed E-state index contributed by atoms with van der Waals surface area (Å²) in [4.78, 5) is 15.8. The van der Waals surface area contributed by atoms with Crippen LogP contribution in [0.3, 0.4) is 0 Å². The minimum atomic E-state index is 0.0838. The molecule has 1 aromatic rings. The summed E-state index contributed by atoms with van der Waals surface area (Å²) in [7, 11) is 2.22. The van der Waals surface area contributed by atoms with E-state index >= 15 is 0 Å². The van der Waals surface area contributed by atoms with Crippen molar-refractivity contribution in [2.24, 2.45) is 0 Å².